The molecule has 0 unspecified atom stereocenters. The second kappa shape index (κ2) is 7.23. The van der Waals surface area contributed by atoms with E-state index in [1.165, 1.54) is 0 Å². The molecule has 9 nitrogen and oxygen atoms in total. The van der Waals surface area contributed by atoms with E-state index >= 15 is 0 Å². The van der Waals surface area contributed by atoms with Crippen LogP contribution in [0.15, 0.2) is 66.7 Å². The van der Waals surface area contributed by atoms with Crippen LogP contribution in [0.3, 0.4) is 0 Å². The number of hydrogen-bond donors (Lipinski definition) is 1. The van der Waals surface area contributed by atoms with Crippen molar-refractivity contribution in [1.82, 2.24) is 25.1 Å². The van der Waals surface area contributed by atoms with Gasteiger partial charge in [0.05, 0.1) is 24.3 Å². The summed E-state index contributed by atoms with van der Waals surface area (Å²) in [5, 5.41) is 22.7. The van der Waals surface area contributed by atoms with E-state index in [0.717, 1.165) is 5.56 Å². The lowest BCUT2D eigenvalue weighted by Gasteiger charge is -2.29. The summed E-state index contributed by atoms with van der Waals surface area (Å²) in [6, 6.07) is 15.8. The van der Waals surface area contributed by atoms with E-state index in [9.17, 15) is 14.7 Å². The van der Waals surface area contributed by atoms with Crippen LogP contribution in [-0.2, 0) is 14.3 Å². The van der Waals surface area contributed by atoms with Crippen molar-refractivity contribution < 1.29 is 19.4 Å². The van der Waals surface area contributed by atoms with E-state index in [4.69, 9.17) is 16.3 Å². The number of benzene rings is 2. The highest BCUT2D eigenvalue weighted by atomic mass is 35.5. The fourth-order valence-corrected chi connectivity index (χ4v) is 5.39. The van der Waals surface area contributed by atoms with Gasteiger partial charge in [0.15, 0.2) is 5.82 Å². The standard InChI is InChI=1S/C23H18ClN5O4/c24-14-6-8-15(9-7-14)29-20(25-26-27-29)19(13-4-2-1-3-5-13)28-12-23-11-10-16(33-23)17(22(31)32)18(23)21(28)30/h1-11,16-19H,12H2,(H,31,32)/t16-,17+,18-,19+,23+/m1/s1. The van der Waals surface area contributed by atoms with E-state index in [1.807, 2.05) is 36.4 Å². The van der Waals surface area contributed by atoms with Crippen LogP contribution in [0.2, 0.25) is 5.02 Å². The Kier molecular flexibility index (Phi) is 4.40. The first kappa shape index (κ1) is 20.1. The summed E-state index contributed by atoms with van der Waals surface area (Å²) >= 11 is 6.04. The van der Waals surface area contributed by atoms with Crippen molar-refractivity contribution >= 4 is 23.5 Å². The number of nitrogens with zero attached hydrogens (tertiary/aromatic N) is 5. The van der Waals surface area contributed by atoms with Gasteiger partial charge < -0.3 is 14.7 Å². The number of rotatable bonds is 5. The van der Waals surface area contributed by atoms with Crippen molar-refractivity contribution in [2.24, 2.45) is 11.8 Å². The molecule has 1 amide bonds. The predicted molar refractivity (Wildman–Crippen MR) is 116 cm³/mol. The molecular formula is C23H18ClN5O4. The lowest BCUT2D eigenvalue weighted by molar-refractivity contribution is -0.148. The molecule has 2 fully saturated rings. The number of hydrogen-bond acceptors (Lipinski definition) is 6. The Morgan fingerprint density at radius 3 is 2.67 bits per heavy atom. The van der Waals surface area contributed by atoms with Crippen molar-refractivity contribution in [1.29, 1.82) is 0 Å². The Balaban J connectivity index is 1.47. The zero-order valence-electron chi connectivity index (χ0n) is 17.2. The third-order valence-electron chi connectivity index (χ3n) is 6.65. The SMILES string of the molecule is O=C(O)[C@H]1[C@H]2C=C[C@@]3(CN([C@@H](c4ccccc4)c4nnnn4-c4ccc(Cl)cc4)C(=O)[C@@H]13)O2. The average molecular weight is 464 g/mol. The number of carboxylic acid groups (broad SMARTS) is 1. The number of fused-ring (bicyclic) bond motifs is 1. The van der Waals surface area contributed by atoms with Gasteiger partial charge in [-0.1, -0.05) is 54.1 Å². The number of carbonyl (C=O) groups excluding carboxylic acids is 1. The minimum Gasteiger partial charge on any atom is -0.481 e. The van der Waals surface area contributed by atoms with Gasteiger partial charge in [0.1, 0.15) is 17.6 Å². The molecule has 0 aliphatic carbocycles. The highest BCUT2D eigenvalue weighted by molar-refractivity contribution is 6.30. The molecule has 1 N–H and O–H groups in total. The van der Waals surface area contributed by atoms with Gasteiger partial charge in [0, 0.05) is 5.02 Å². The van der Waals surface area contributed by atoms with Crippen LogP contribution >= 0.6 is 11.6 Å². The van der Waals surface area contributed by atoms with E-state index in [-0.39, 0.29) is 12.5 Å². The van der Waals surface area contributed by atoms with Gasteiger partial charge in [-0.15, -0.1) is 5.10 Å². The van der Waals surface area contributed by atoms with Gasteiger partial charge in [0.2, 0.25) is 5.91 Å². The van der Waals surface area contributed by atoms with Crippen LogP contribution in [0.25, 0.3) is 5.69 Å². The van der Waals surface area contributed by atoms with Crippen LogP contribution in [0.5, 0.6) is 0 Å². The largest absolute Gasteiger partial charge is 0.481 e. The second-order valence-electron chi connectivity index (χ2n) is 8.44. The van der Waals surface area contributed by atoms with Crippen molar-refractivity contribution in [3.63, 3.8) is 0 Å². The summed E-state index contributed by atoms with van der Waals surface area (Å²) in [6.07, 6.45) is 3.00. The molecule has 2 bridgehead atoms. The zero-order chi connectivity index (χ0) is 22.7. The molecule has 2 aromatic carbocycles. The van der Waals surface area contributed by atoms with Crippen molar-refractivity contribution in [3.05, 3.63) is 83.2 Å². The number of halogens is 1. The number of aliphatic carboxylic acids is 1. The molecule has 33 heavy (non-hydrogen) atoms. The fourth-order valence-electron chi connectivity index (χ4n) is 5.26. The Bertz CT molecular complexity index is 1280. The van der Waals surface area contributed by atoms with Crippen molar-refractivity contribution in [3.8, 4) is 5.69 Å². The molecule has 1 aromatic heterocycles. The van der Waals surface area contributed by atoms with E-state index in [1.54, 1.807) is 39.9 Å². The van der Waals surface area contributed by atoms with Crippen LogP contribution < -0.4 is 0 Å². The number of aromatic nitrogens is 4. The molecule has 4 heterocycles. The van der Waals surface area contributed by atoms with Gasteiger partial charge in [-0.05, 0) is 40.3 Å². The second-order valence-corrected chi connectivity index (χ2v) is 8.88. The minimum absolute atomic E-state index is 0.209. The molecular weight excluding hydrogens is 446 g/mol. The monoisotopic (exact) mass is 463 g/mol. The number of tetrazole rings is 1. The molecule has 2 saturated heterocycles. The number of carboxylic acids is 1. The molecule has 10 heteroatoms. The lowest BCUT2D eigenvalue weighted by atomic mass is 9.77. The Hall–Kier alpha value is -3.56. The molecule has 3 aromatic rings. The number of carbonyl (C=O) groups is 2. The highest BCUT2D eigenvalue weighted by Crippen LogP contribution is 2.53. The predicted octanol–water partition coefficient (Wildman–Crippen LogP) is 2.27. The Morgan fingerprint density at radius 2 is 1.94 bits per heavy atom. The van der Waals surface area contributed by atoms with E-state index in [2.05, 4.69) is 15.5 Å². The van der Waals surface area contributed by atoms with Crippen LogP contribution in [-0.4, -0.2) is 60.3 Å². The smallest absolute Gasteiger partial charge is 0.310 e. The average Bonchev–Trinajstić information content (AvgIpc) is 3.57. The maximum atomic E-state index is 13.7. The van der Waals surface area contributed by atoms with Gasteiger partial charge >= 0.3 is 5.97 Å². The van der Waals surface area contributed by atoms with Gasteiger partial charge in [-0.25, -0.2) is 0 Å². The zero-order valence-corrected chi connectivity index (χ0v) is 17.9. The maximum Gasteiger partial charge on any atom is 0.310 e. The first-order chi connectivity index (χ1) is 16.0. The summed E-state index contributed by atoms with van der Waals surface area (Å²) in [7, 11) is 0. The number of ether oxygens (including phenoxy) is 1. The first-order valence-electron chi connectivity index (χ1n) is 10.5. The quantitative estimate of drug-likeness (QED) is 0.578. The van der Waals surface area contributed by atoms with Crippen molar-refractivity contribution in [2.75, 3.05) is 6.54 Å². The molecule has 0 radical (unpaired) electrons. The molecule has 166 valence electrons. The summed E-state index contributed by atoms with van der Waals surface area (Å²) in [5.41, 5.74) is 0.527. The van der Waals surface area contributed by atoms with Crippen LogP contribution in [0, 0.1) is 11.8 Å². The molecule has 3 aliphatic heterocycles. The molecule has 5 atom stereocenters. The molecule has 6 rings (SSSR count). The lowest BCUT2D eigenvalue weighted by Crippen LogP contribution is -2.39. The van der Waals surface area contributed by atoms with Crippen LogP contribution in [0.1, 0.15) is 17.4 Å². The fraction of sp³-hybridized carbons (Fsp3) is 0.261. The number of likely N-dealkylation sites (tertiary alicyclic amines) is 1. The van der Waals surface area contributed by atoms with Gasteiger partial charge in [-0.2, -0.15) is 4.68 Å². The van der Waals surface area contributed by atoms with Crippen LogP contribution in [0.4, 0.5) is 0 Å². The Labute approximate surface area is 193 Å². The first-order valence-corrected chi connectivity index (χ1v) is 10.9. The summed E-state index contributed by atoms with van der Waals surface area (Å²) in [6.45, 7) is 0.209. The molecule has 0 saturated carbocycles. The topological polar surface area (TPSA) is 110 Å². The summed E-state index contributed by atoms with van der Waals surface area (Å²) in [4.78, 5) is 27.4. The van der Waals surface area contributed by atoms with Gasteiger partial charge in [-0.3, -0.25) is 9.59 Å². The van der Waals surface area contributed by atoms with E-state index < -0.39 is 35.6 Å². The van der Waals surface area contributed by atoms with Gasteiger partial charge in [0.25, 0.3) is 0 Å². The molecule has 1 spiro atoms. The molecule has 3 aliphatic rings. The van der Waals surface area contributed by atoms with E-state index in [0.29, 0.717) is 16.5 Å². The van der Waals surface area contributed by atoms with Crippen molar-refractivity contribution in [2.45, 2.75) is 17.7 Å². The Morgan fingerprint density at radius 1 is 1.18 bits per heavy atom. The highest BCUT2D eigenvalue weighted by Gasteiger charge is 2.68. The maximum absolute atomic E-state index is 13.7. The minimum atomic E-state index is -1.03. The number of amides is 1. The normalized spacial score (nSPS) is 28.3. The third kappa shape index (κ3) is 2.93. The third-order valence-corrected chi connectivity index (χ3v) is 6.90. The summed E-state index contributed by atoms with van der Waals surface area (Å²) in [5.74, 6) is -2.60. The summed E-state index contributed by atoms with van der Waals surface area (Å²) < 4.78 is 7.63.